The van der Waals surface area contributed by atoms with Crippen LogP contribution in [0.15, 0.2) is 0 Å². The second kappa shape index (κ2) is 5.55. The van der Waals surface area contributed by atoms with Crippen LogP contribution in [0.5, 0.6) is 0 Å². The van der Waals surface area contributed by atoms with Gasteiger partial charge in [-0.3, -0.25) is 4.79 Å². The van der Waals surface area contributed by atoms with Gasteiger partial charge in [0.2, 0.25) is 5.91 Å². The molecule has 4 nitrogen and oxygen atoms in total. The van der Waals surface area contributed by atoms with Gasteiger partial charge in [-0.2, -0.15) is 5.26 Å². The molecule has 1 heterocycles. The summed E-state index contributed by atoms with van der Waals surface area (Å²) in [6.07, 6.45) is 2.66. The molecule has 4 heteroatoms. The van der Waals surface area contributed by atoms with Crippen LogP contribution >= 0.6 is 0 Å². The highest BCUT2D eigenvalue weighted by Crippen LogP contribution is 2.13. The molecule has 0 bridgehead atoms. The Balaban J connectivity index is 2.04. The Hall–Kier alpha value is -1.08. The number of rotatable bonds is 4. The summed E-state index contributed by atoms with van der Waals surface area (Å²) < 4.78 is 0. The van der Waals surface area contributed by atoms with E-state index in [4.69, 9.17) is 5.26 Å². The number of carbonyl (C=O) groups is 1. The second-order valence-electron chi connectivity index (χ2n) is 3.33. The lowest BCUT2D eigenvalue weighted by atomic mass is 10.0. The Bertz CT molecular complexity index is 203. The minimum atomic E-state index is -0.00606. The first-order chi connectivity index (χ1) is 6.33. The van der Waals surface area contributed by atoms with Gasteiger partial charge in [0, 0.05) is 6.42 Å². The van der Waals surface area contributed by atoms with Crippen molar-refractivity contribution in [2.45, 2.75) is 19.3 Å². The molecule has 1 aliphatic heterocycles. The van der Waals surface area contributed by atoms with Gasteiger partial charge < -0.3 is 10.6 Å². The first-order valence-corrected chi connectivity index (χ1v) is 4.67. The van der Waals surface area contributed by atoms with E-state index < -0.39 is 0 Å². The first kappa shape index (κ1) is 10.0. The summed E-state index contributed by atoms with van der Waals surface area (Å²) in [4.78, 5) is 11.1. The molecular formula is C9H15N3O. The standard InChI is InChI=1S/C9H15N3O/c10-4-6-12-9(13)2-1-8-3-5-11-7-8/h8,11H,1-3,5-7H2,(H,12,13). The van der Waals surface area contributed by atoms with E-state index in [2.05, 4.69) is 10.6 Å². The quantitative estimate of drug-likeness (QED) is 0.601. The van der Waals surface area contributed by atoms with Crippen molar-refractivity contribution in [3.8, 4) is 6.07 Å². The number of nitriles is 1. The van der Waals surface area contributed by atoms with Gasteiger partial charge in [-0.25, -0.2) is 0 Å². The minimum absolute atomic E-state index is 0.00606. The lowest BCUT2D eigenvalue weighted by Gasteiger charge is -2.06. The van der Waals surface area contributed by atoms with Crippen LogP contribution in [0.3, 0.4) is 0 Å². The molecule has 0 spiro atoms. The fraction of sp³-hybridized carbons (Fsp3) is 0.778. The van der Waals surface area contributed by atoms with Crippen molar-refractivity contribution in [2.24, 2.45) is 5.92 Å². The van der Waals surface area contributed by atoms with E-state index in [0.29, 0.717) is 12.3 Å². The number of carbonyl (C=O) groups excluding carboxylic acids is 1. The van der Waals surface area contributed by atoms with Crippen LogP contribution in [0.1, 0.15) is 19.3 Å². The lowest BCUT2D eigenvalue weighted by Crippen LogP contribution is -2.24. The van der Waals surface area contributed by atoms with Crippen molar-refractivity contribution in [1.82, 2.24) is 10.6 Å². The van der Waals surface area contributed by atoms with E-state index in [9.17, 15) is 4.79 Å². The van der Waals surface area contributed by atoms with E-state index in [-0.39, 0.29) is 12.5 Å². The molecule has 1 atom stereocenters. The highest BCUT2D eigenvalue weighted by Gasteiger charge is 2.15. The molecule has 1 amide bonds. The topological polar surface area (TPSA) is 64.9 Å². The third-order valence-electron chi connectivity index (χ3n) is 2.31. The van der Waals surface area contributed by atoms with E-state index >= 15 is 0 Å². The van der Waals surface area contributed by atoms with Crippen molar-refractivity contribution in [2.75, 3.05) is 19.6 Å². The summed E-state index contributed by atoms with van der Waals surface area (Å²) in [5.74, 6) is 0.640. The summed E-state index contributed by atoms with van der Waals surface area (Å²) >= 11 is 0. The third kappa shape index (κ3) is 3.90. The zero-order chi connectivity index (χ0) is 9.52. The van der Waals surface area contributed by atoms with Crippen LogP contribution < -0.4 is 10.6 Å². The molecule has 2 N–H and O–H groups in total. The van der Waals surface area contributed by atoms with Crippen LogP contribution in [-0.2, 0) is 4.79 Å². The Labute approximate surface area is 78.3 Å². The van der Waals surface area contributed by atoms with Gasteiger partial charge in [0.25, 0.3) is 0 Å². The normalized spacial score (nSPS) is 21.0. The van der Waals surface area contributed by atoms with Crippen LogP contribution in [0.25, 0.3) is 0 Å². The Morgan fingerprint density at radius 3 is 3.15 bits per heavy atom. The second-order valence-corrected chi connectivity index (χ2v) is 3.33. The smallest absolute Gasteiger partial charge is 0.220 e. The molecule has 0 radical (unpaired) electrons. The Morgan fingerprint density at radius 2 is 2.54 bits per heavy atom. The summed E-state index contributed by atoms with van der Waals surface area (Å²) in [7, 11) is 0. The molecule has 1 fully saturated rings. The summed E-state index contributed by atoms with van der Waals surface area (Å²) in [5.41, 5.74) is 0. The van der Waals surface area contributed by atoms with Crippen LogP contribution in [-0.4, -0.2) is 25.5 Å². The molecular weight excluding hydrogens is 166 g/mol. The van der Waals surface area contributed by atoms with Crippen molar-refractivity contribution >= 4 is 5.91 Å². The van der Waals surface area contributed by atoms with Crippen molar-refractivity contribution in [3.05, 3.63) is 0 Å². The van der Waals surface area contributed by atoms with E-state index in [1.165, 1.54) is 6.42 Å². The summed E-state index contributed by atoms with van der Waals surface area (Å²) in [5, 5.41) is 14.0. The van der Waals surface area contributed by atoms with E-state index in [1.807, 2.05) is 6.07 Å². The Kier molecular flexibility index (Phi) is 4.27. The molecule has 1 saturated heterocycles. The number of nitrogens with zero attached hydrogens (tertiary/aromatic N) is 1. The highest BCUT2D eigenvalue weighted by molar-refractivity contribution is 5.76. The molecule has 0 aliphatic carbocycles. The summed E-state index contributed by atoms with van der Waals surface area (Å²) in [6, 6.07) is 1.88. The predicted octanol–water partition coefficient (Wildman–Crippen LogP) is 0.0159. The van der Waals surface area contributed by atoms with Gasteiger partial charge in [-0.1, -0.05) is 0 Å². The fourth-order valence-corrected chi connectivity index (χ4v) is 1.52. The number of hydrogen-bond acceptors (Lipinski definition) is 3. The molecule has 13 heavy (non-hydrogen) atoms. The molecule has 0 aromatic heterocycles. The van der Waals surface area contributed by atoms with Crippen molar-refractivity contribution in [3.63, 3.8) is 0 Å². The Morgan fingerprint density at radius 1 is 1.69 bits per heavy atom. The molecule has 1 aliphatic rings. The monoisotopic (exact) mass is 181 g/mol. The number of amides is 1. The number of nitrogens with one attached hydrogen (secondary N) is 2. The minimum Gasteiger partial charge on any atom is -0.343 e. The zero-order valence-corrected chi connectivity index (χ0v) is 7.68. The van der Waals surface area contributed by atoms with Crippen LogP contribution in [0.2, 0.25) is 0 Å². The van der Waals surface area contributed by atoms with Crippen LogP contribution in [0, 0.1) is 17.2 Å². The van der Waals surface area contributed by atoms with Gasteiger partial charge in [-0.15, -0.1) is 0 Å². The lowest BCUT2D eigenvalue weighted by molar-refractivity contribution is -0.121. The van der Waals surface area contributed by atoms with Gasteiger partial charge in [-0.05, 0) is 31.8 Å². The molecule has 0 aromatic carbocycles. The maximum Gasteiger partial charge on any atom is 0.220 e. The van der Waals surface area contributed by atoms with E-state index in [1.54, 1.807) is 0 Å². The maximum absolute atomic E-state index is 11.1. The van der Waals surface area contributed by atoms with Crippen molar-refractivity contribution in [1.29, 1.82) is 5.26 Å². The van der Waals surface area contributed by atoms with Gasteiger partial charge >= 0.3 is 0 Å². The number of hydrogen-bond donors (Lipinski definition) is 2. The average Bonchev–Trinajstić information content (AvgIpc) is 2.64. The maximum atomic E-state index is 11.1. The molecule has 1 unspecified atom stereocenters. The van der Waals surface area contributed by atoms with Gasteiger partial charge in [0.15, 0.2) is 0 Å². The largest absolute Gasteiger partial charge is 0.343 e. The SMILES string of the molecule is N#CCNC(=O)CCC1CCNC1. The fourth-order valence-electron chi connectivity index (χ4n) is 1.52. The zero-order valence-electron chi connectivity index (χ0n) is 7.68. The highest BCUT2D eigenvalue weighted by atomic mass is 16.1. The van der Waals surface area contributed by atoms with Gasteiger partial charge in [0.05, 0.1) is 6.07 Å². The van der Waals surface area contributed by atoms with Gasteiger partial charge in [0.1, 0.15) is 6.54 Å². The molecule has 0 aromatic rings. The summed E-state index contributed by atoms with van der Waals surface area (Å²) in [6.45, 7) is 2.23. The van der Waals surface area contributed by atoms with Crippen molar-refractivity contribution < 1.29 is 4.79 Å². The predicted molar refractivity (Wildman–Crippen MR) is 48.8 cm³/mol. The molecule has 1 rings (SSSR count). The molecule has 0 saturated carbocycles. The first-order valence-electron chi connectivity index (χ1n) is 4.67. The van der Waals surface area contributed by atoms with E-state index in [0.717, 1.165) is 19.5 Å². The molecule has 72 valence electrons. The third-order valence-corrected chi connectivity index (χ3v) is 2.31. The average molecular weight is 181 g/mol. The van der Waals surface area contributed by atoms with Crippen LogP contribution in [0.4, 0.5) is 0 Å².